The molecule has 2 aliphatic heterocycles. The van der Waals surface area contributed by atoms with Crippen LogP contribution in [0, 0.1) is 23.2 Å². The fourth-order valence-electron chi connectivity index (χ4n) is 3.59. The fourth-order valence-corrected chi connectivity index (χ4v) is 5.57. The van der Waals surface area contributed by atoms with Gasteiger partial charge in [-0.25, -0.2) is 13.4 Å². The van der Waals surface area contributed by atoms with Gasteiger partial charge in [-0.05, 0) is 44.4 Å². The van der Waals surface area contributed by atoms with Crippen LogP contribution in [0.1, 0.15) is 19.5 Å². The van der Waals surface area contributed by atoms with Crippen LogP contribution in [0.25, 0.3) is 0 Å². The molecule has 0 amide bonds. The summed E-state index contributed by atoms with van der Waals surface area (Å²) < 4.78 is 27.5. The lowest BCUT2D eigenvalue weighted by molar-refractivity contribution is 0.233. The molecule has 112 valence electrons. The Hall–Kier alpha value is -1.49. The number of sulfonamides is 1. The molecule has 7 heteroatoms. The average molecular weight is 306 g/mol. The van der Waals surface area contributed by atoms with Gasteiger partial charge >= 0.3 is 0 Å². The lowest BCUT2D eigenvalue weighted by Gasteiger charge is -2.34. The minimum Gasteiger partial charge on any atom is -0.316 e. The molecule has 1 aromatic rings. The third kappa shape index (κ3) is 2.06. The maximum atomic E-state index is 13.0. The van der Waals surface area contributed by atoms with Crippen LogP contribution >= 0.6 is 0 Å². The maximum Gasteiger partial charge on any atom is 0.246 e. The molecule has 2 unspecified atom stereocenters. The van der Waals surface area contributed by atoms with E-state index in [0.29, 0.717) is 18.4 Å². The molecule has 0 radical (unpaired) electrons. The van der Waals surface area contributed by atoms with Crippen molar-refractivity contribution < 1.29 is 8.42 Å². The van der Waals surface area contributed by atoms with Crippen LogP contribution in [-0.2, 0) is 10.0 Å². The molecular formula is C14H18N4O2S. The first-order valence-electron chi connectivity index (χ1n) is 6.97. The van der Waals surface area contributed by atoms with Crippen molar-refractivity contribution in [1.29, 1.82) is 5.26 Å². The number of nitriles is 1. The quantitative estimate of drug-likeness (QED) is 0.863. The van der Waals surface area contributed by atoms with Crippen molar-refractivity contribution in [3.63, 3.8) is 0 Å². The van der Waals surface area contributed by atoms with E-state index in [1.54, 1.807) is 10.4 Å². The second-order valence-corrected chi connectivity index (χ2v) is 8.01. The second kappa shape index (κ2) is 4.77. The minimum absolute atomic E-state index is 0.00788. The summed E-state index contributed by atoms with van der Waals surface area (Å²) in [6, 6.07) is 4.89. The lowest BCUT2D eigenvalue weighted by Crippen LogP contribution is -2.47. The summed E-state index contributed by atoms with van der Waals surface area (Å²) in [5.74, 6) is 0.631. The number of nitrogens with one attached hydrogen (secondary N) is 1. The van der Waals surface area contributed by atoms with Gasteiger partial charge in [0.05, 0.1) is 0 Å². The minimum atomic E-state index is -3.71. The highest BCUT2D eigenvalue weighted by molar-refractivity contribution is 7.89. The zero-order chi connectivity index (χ0) is 15.3. The Morgan fingerprint density at radius 2 is 2.24 bits per heavy atom. The van der Waals surface area contributed by atoms with E-state index in [-0.39, 0.29) is 10.6 Å². The van der Waals surface area contributed by atoms with E-state index in [2.05, 4.69) is 10.3 Å². The van der Waals surface area contributed by atoms with Crippen molar-refractivity contribution in [3.8, 4) is 6.07 Å². The highest BCUT2D eigenvalue weighted by atomic mass is 32.2. The third-order valence-electron chi connectivity index (χ3n) is 4.73. The summed E-state index contributed by atoms with van der Waals surface area (Å²) in [6.45, 7) is 6.10. The lowest BCUT2D eigenvalue weighted by atomic mass is 9.85. The van der Waals surface area contributed by atoms with Crippen LogP contribution in [0.15, 0.2) is 23.2 Å². The van der Waals surface area contributed by atoms with Gasteiger partial charge in [0.1, 0.15) is 11.0 Å². The molecule has 0 aromatic carbocycles. The second-order valence-electron chi connectivity index (χ2n) is 6.18. The molecule has 0 aliphatic carbocycles. The topological polar surface area (TPSA) is 86.1 Å². The first kappa shape index (κ1) is 14.4. The molecule has 2 fully saturated rings. The Labute approximate surface area is 124 Å². The molecule has 1 N–H and O–H groups in total. The smallest absolute Gasteiger partial charge is 0.246 e. The Bertz CT molecular complexity index is 708. The Kier molecular flexibility index (Phi) is 3.28. The normalized spacial score (nSPS) is 28.2. The van der Waals surface area contributed by atoms with Gasteiger partial charge in [-0.15, -0.1) is 0 Å². The Balaban J connectivity index is 2.06. The molecular weight excluding hydrogens is 288 g/mol. The number of hydrogen-bond acceptors (Lipinski definition) is 5. The molecule has 2 aliphatic rings. The predicted molar refractivity (Wildman–Crippen MR) is 76.8 cm³/mol. The molecule has 0 spiro atoms. The molecule has 2 atom stereocenters. The third-order valence-corrected chi connectivity index (χ3v) is 6.82. The maximum absolute atomic E-state index is 13.0. The van der Waals surface area contributed by atoms with Crippen LogP contribution in [0.4, 0.5) is 0 Å². The van der Waals surface area contributed by atoms with E-state index < -0.39 is 15.6 Å². The summed E-state index contributed by atoms with van der Waals surface area (Å²) in [4.78, 5) is 3.88. The standard InChI is InChI=1S/C14H18N4O2S/c1-14(2)11-8-16-7-10(11)9-18(14)21(19,20)13-4-3-5-17-12(13)6-15/h3-5,10-11,16H,7-9H2,1-2H3. The van der Waals surface area contributed by atoms with Gasteiger partial charge in [-0.1, -0.05) is 0 Å². The molecule has 0 bridgehead atoms. The van der Waals surface area contributed by atoms with Crippen molar-refractivity contribution in [2.45, 2.75) is 24.3 Å². The van der Waals surface area contributed by atoms with Crippen molar-refractivity contribution >= 4 is 10.0 Å². The van der Waals surface area contributed by atoms with Gasteiger partial charge in [0.25, 0.3) is 0 Å². The van der Waals surface area contributed by atoms with Crippen LogP contribution < -0.4 is 5.32 Å². The summed E-state index contributed by atoms with van der Waals surface area (Å²) in [7, 11) is -3.71. The molecule has 3 rings (SSSR count). The number of fused-ring (bicyclic) bond motifs is 1. The van der Waals surface area contributed by atoms with Crippen LogP contribution in [0.2, 0.25) is 0 Å². The Morgan fingerprint density at radius 1 is 1.48 bits per heavy atom. The Morgan fingerprint density at radius 3 is 2.90 bits per heavy atom. The molecule has 21 heavy (non-hydrogen) atoms. The first-order chi connectivity index (χ1) is 9.89. The number of aromatic nitrogens is 1. The van der Waals surface area contributed by atoms with Crippen LogP contribution in [0.3, 0.4) is 0 Å². The van der Waals surface area contributed by atoms with Crippen LogP contribution in [-0.4, -0.2) is 42.9 Å². The fraction of sp³-hybridized carbons (Fsp3) is 0.571. The molecule has 3 heterocycles. The van der Waals surface area contributed by atoms with Crippen molar-refractivity contribution in [2.24, 2.45) is 11.8 Å². The summed E-state index contributed by atoms with van der Waals surface area (Å²) in [5, 5.41) is 12.4. The van der Waals surface area contributed by atoms with Crippen molar-refractivity contribution in [2.75, 3.05) is 19.6 Å². The number of pyridine rings is 1. The molecule has 0 saturated carbocycles. The molecule has 6 nitrogen and oxygen atoms in total. The monoisotopic (exact) mass is 306 g/mol. The summed E-state index contributed by atoms with van der Waals surface area (Å²) >= 11 is 0. The van der Waals surface area contributed by atoms with E-state index in [1.807, 2.05) is 19.9 Å². The van der Waals surface area contributed by atoms with E-state index in [1.165, 1.54) is 12.3 Å². The van der Waals surface area contributed by atoms with Crippen molar-refractivity contribution in [3.05, 3.63) is 24.0 Å². The highest BCUT2D eigenvalue weighted by Crippen LogP contribution is 2.43. The zero-order valence-electron chi connectivity index (χ0n) is 12.1. The average Bonchev–Trinajstić information content (AvgIpc) is 3.01. The van der Waals surface area contributed by atoms with Gasteiger partial charge in [0.15, 0.2) is 5.69 Å². The van der Waals surface area contributed by atoms with Gasteiger partial charge in [-0.2, -0.15) is 9.57 Å². The van der Waals surface area contributed by atoms with Gasteiger partial charge < -0.3 is 5.32 Å². The summed E-state index contributed by atoms with van der Waals surface area (Å²) in [5.41, 5.74) is -0.501. The van der Waals surface area contributed by atoms with E-state index in [9.17, 15) is 8.42 Å². The summed E-state index contributed by atoms with van der Waals surface area (Å²) in [6.07, 6.45) is 1.44. The van der Waals surface area contributed by atoms with Gasteiger partial charge in [0.2, 0.25) is 10.0 Å². The largest absolute Gasteiger partial charge is 0.316 e. The number of hydrogen-bond donors (Lipinski definition) is 1. The van der Waals surface area contributed by atoms with E-state index >= 15 is 0 Å². The van der Waals surface area contributed by atoms with Crippen molar-refractivity contribution in [1.82, 2.24) is 14.6 Å². The highest BCUT2D eigenvalue weighted by Gasteiger charge is 2.54. The van der Waals surface area contributed by atoms with Crippen LogP contribution in [0.5, 0.6) is 0 Å². The zero-order valence-corrected chi connectivity index (χ0v) is 12.9. The van der Waals surface area contributed by atoms with E-state index in [4.69, 9.17) is 5.26 Å². The van der Waals surface area contributed by atoms with Gasteiger partial charge in [-0.3, -0.25) is 0 Å². The van der Waals surface area contributed by atoms with Gasteiger partial charge in [0, 0.05) is 24.8 Å². The molecule has 2 saturated heterocycles. The predicted octanol–water partition coefficient (Wildman–Crippen LogP) is 0.572. The molecule has 1 aromatic heterocycles. The number of nitrogens with zero attached hydrogens (tertiary/aromatic N) is 3. The number of rotatable bonds is 2. The SMILES string of the molecule is CC1(C)C2CNCC2CN1S(=O)(=O)c1cccnc1C#N. The van der Waals surface area contributed by atoms with E-state index in [0.717, 1.165) is 13.1 Å². The first-order valence-corrected chi connectivity index (χ1v) is 8.41.